The number of unbranched alkanes of at least 4 members (excludes halogenated alkanes) is 2. The first-order chi connectivity index (χ1) is 12.9. The first-order valence-electron chi connectivity index (χ1n) is 9.12. The van der Waals surface area contributed by atoms with Gasteiger partial charge in [-0.25, -0.2) is 0 Å². The van der Waals surface area contributed by atoms with Crippen LogP contribution in [0.15, 0.2) is 128 Å². The molecule has 0 heterocycles. The SMILES string of the molecule is [CH]=C/C=C/C=C/C=C/C=C/C=C/C=C/C=C/C=C/C=C/C=C/CCCC. The van der Waals surface area contributed by atoms with Crippen LogP contribution in [-0.2, 0) is 0 Å². The Morgan fingerprint density at radius 1 is 0.462 bits per heavy atom. The summed E-state index contributed by atoms with van der Waals surface area (Å²) in [6.07, 6.45) is 45.1. The van der Waals surface area contributed by atoms with E-state index < -0.39 is 0 Å². The molecule has 0 saturated carbocycles. The second kappa shape index (κ2) is 22.1. The second-order valence-electron chi connectivity index (χ2n) is 5.23. The smallest absolute Gasteiger partial charge is 0.0348 e. The zero-order chi connectivity index (χ0) is 19.0. The van der Waals surface area contributed by atoms with Crippen molar-refractivity contribution in [3.8, 4) is 0 Å². The van der Waals surface area contributed by atoms with Crippen molar-refractivity contribution < 1.29 is 0 Å². The minimum absolute atomic E-state index is 1.16. The Morgan fingerprint density at radius 2 is 0.769 bits per heavy atom. The Morgan fingerprint density at radius 3 is 1.08 bits per heavy atom. The van der Waals surface area contributed by atoms with Crippen molar-refractivity contribution in [2.24, 2.45) is 0 Å². The molecular weight excluding hydrogens is 312 g/mol. The molecule has 0 N–H and O–H groups in total. The number of rotatable bonds is 13. The Kier molecular flexibility index (Phi) is 19.7. The molecule has 0 heteroatoms. The molecule has 0 aromatic heterocycles. The summed E-state index contributed by atoms with van der Waals surface area (Å²) in [7, 11) is 0. The van der Waals surface area contributed by atoms with E-state index in [0.29, 0.717) is 0 Å². The monoisotopic (exact) mass is 343 g/mol. The van der Waals surface area contributed by atoms with E-state index in [1.54, 1.807) is 6.08 Å². The third-order valence-electron chi connectivity index (χ3n) is 2.97. The second-order valence-corrected chi connectivity index (χ2v) is 5.23. The fraction of sp³-hybridized carbons (Fsp3) is 0.154. The van der Waals surface area contributed by atoms with Gasteiger partial charge in [0.2, 0.25) is 0 Å². The summed E-state index contributed by atoms with van der Waals surface area (Å²) in [4.78, 5) is 0. The maximum Gasteiger partial charge on any atom is -0.0348 e. The van der Waals surface area contributed by atoms with Crippen LogP contribution in [0.1, 0.15) is 26.2 Å². The van der Waals surface area contributed by atoms with Gasteiger partial charge in [-0.05, 0) is 6.42 Å². The fourth-order valence-electron chi connectivity index (χ4n) is 1.65. The molecule has 0 unspecified atom stereocenters. The topological polar surface area (TPSA) is 0 Å². The molecule has 0 atom stereocenters. The average Bonchev–Trinajstić information content (AvgIpc) is 2.66. The van der Waals surface area contributed by atoms with Crippen LogP contribution in [0.2, 0.25) is 0 Å². The standard InChI is InChI=1S/C26H31/c1-3-5-7-9-11-13-15-17-19-21-23-25-26-24-22-20-18-16-14-12-10-8-6-4-2/h1,3,5,7,9-26H,4,6,8H2,2H3/b3-1?,7-5+,11-9+,12-10+,15-13+,16-14+,19-17+,20-18+,23-21+,24-22+,26-25+. The highest BCUT2D eigenvalue weighted by Crippen LogP contribution is 1.95. The summed E-state index contributed by atoms with van der Waals surface area (Å²) in [6.45, 7) is 7.43. The van der Waals surface area contributed by atoms with E-state index in [-0.39, 0.29) is 0 Å². The summed E-state index contributed by atoms with van der Waals surface area (Å²) in [5.74, 6) is 0. The van der Waals surface area contributed by atoms with E-state index >= 15 is 0 Å². The highest BCUT2D eigenvalue weighted by Gasteiger charge is 1.74. The number of allylic oxidation sites excluding steroid dienone is 21. The van der Waals surface area contributed by atoms with Crippen molar-refractivity contribution in [1.29, 1.82) is 0 Å². The zero-order valence-corrected chi connectivity index (χ0v) is 15.8. The van der Waals surface area contributed by atoms with Gasteiger partial charge in [-0.15, -0.1) is 0 Å². The quantitative estimate of drug-likeness (QED) is 0.237. The fourth-order valence-corrected chi connectivity index (χ4v) is 1.65. The van der Waals surface area contributed by atoms with Gasteiger partial charge < -0.3 is 0 Å². The van der Waals surface area contributed by atoms with E-state index in [1.165, 1.54) is 18.9 Å². The van der Waals surface area contributed by atoms with E-state index in [9.17, 15) is 0 Å². The van der Waals surface area contributed by atoms with Gasteiger partial charge in [0.15, 0.2) is 0 Å². The lowest BCUT2D eigenvalue weighted by Gasteiger charge is -1.84. The lowest BCUT2D eigenvalue weighted by molar-refractivity contribution is 0.815. The number of hydrogen-bond donors (Lipinski definition) is 0. The Labute approximate surface area is 160 Å². The lowest BCUT2D eigenvalue weighted by atomic mass is 10.2. The van der Waals surface area contributed by atoms with Crippen LogP contribution in [0.5, 0.6) is 0 Å². The summed E-state index contributed by atoms with van der Waals surface area (Å²) >= 11 is 0. The molecule has 0 nitrogen and oxygen atoms in total. The first-order valence-corrected chi connectivity index (χ1v) is 9.12. The molecule has 0 saturated heterocycles. The predicted octanol–water partition coefficient (Wildman–Crippen LogP) is 7.73. The van der Waals surface area contributed by atoms with Crippen LogP contribution in [0.4, 0.5) is 0 Å². The largest absolute Gasteiger partial charge is 0.0845 e. The maximum atomic E-state index is 5.22. The molecule has 0 bridgehead atoms. The molecule has 0 rings (SSSR count). The molecule has 0 aromatic carbocycles. The van der Waals surface area contributed by atoms with Gasteiger partial charge >= 0.3 is 0 Å². The average molecular weight is 344 g/mol. The molecule has 0 aliphatic heterocycles. The van der Waals surface area contributed by atoms with Crippen LogP contribution < -0.4 is 0 Å². The molecule has 0 spiro atoms. The van der Waals surface area contributed by atoms with Gasteiger partial charge in [-0.1, -0.05) is 154 Å². The van der Waals surface area contributed by atoms with Gasteiger partial charge in [0.1, 0.15) is 0 Å². The summed E-state index contributed by atoms with van der Waals surface area (Å²) in [5.41, 5.74) is 0. The van der Waals surface area contributed by atoms with Crippen LogP contribution in [0.3, 0.4) is 0 Å². The van der Waals surface area contributed by atoms with E-state index in [0.717, 1.165) is 6.42 Å². The van der Waals surface area contributed by atoms with Crippen molar-refractivity contribution in [2.45, 2.75) is 26.2 Å². The van der Waals surface area contributed by atoms with Gasteiger partial charge in [-0.2, -0.15) is 0 Å². The molecule has 26 heavy (non-hydrogen) atoms. The normalized spacial score (nSPS) is 14.2. The van der Waals surface area contributed by atoms with Crippen molar-refractivity contribution in [1.82, 2.24) is 0 Å². The molecule has 0 fully saturated rings. The van der Waals surface area contributed by atoms with Crippen molar-refractivity contribution in [3.05, 3.63) is 134 Å². The molecule has 0 amide bonds. The Balaban J connectivity index is 3.87. The van der Waals surface area contributed by atoms with E-state index in [2.05, 4.69) is 25.2 Å². The highest BCUT2D eigenvalue weighted by atomic mass is 13.8. The Hall–Kier alpha value is -2.86. The lowest BCUT2D eigenvalue weighted by Crippen LogP contribution is -1.64. The molecule has 0 aromatic rings. The van der Waals surface area contributed by atoms with Crippen molar-refractivity contribution >= 4 is 0 Å². The zero-order valence-electron chi connectivity index (χ0n) is 15.8. The molecular formula is C26H31. The predicted molar refractivity (Wildman–Crippen MR) is 120 cm³/mol. The molecule has 135 valence electrons. The van der Waals surface area contributed by atoms with E-state index in [4.69, 9.17) is 6.58 Å². The van der Waals surface area contributed by atoms with Crippen molar-refractivity contribution in [3.63, 3.8) is 0 Å². The third-order valence-corrected chi connectivity index (χ3v) is 2.97. The van der Waals surface area contributed by atoms with Crippen LogP contribution in [0, 0.1) is 6.58 Å². The van der Waals surface area contributed by atoms with Crippen LogP contribution in [-0.4, -0.2) is 0 Å². The van der Waals surface area contributed by atoms with E-state index in [1.807, 2.05) is 97.2 Å². The molecule has 0 aliphatic carbocycles. The summed E-state index contributed by atoms with van der Waals surface area (Å²) in [6, 6.07) is 0. The Bertz CT molecular complexity index is 608. The maximum absolute atomic E-state index is 5.22. The number of hydrogen-bond acceptors (Lipinski definition) is 0. The van der Waals surface area contributed by atoms with Gasteiger partial charge in [0.25, 0.3) is 0 Å². The third kappa shape index (κ3) is 21.1. The minimum atomic E-state index is 1.16. The summed E-state index contributed by atoms with van der Waals surface area (Å²) in [5, 5.41) is 0. The molecule has 0 aliphatic rings. The van der Waals surface area contributed by atoms with Gasteiger partial charge in [0.05, 0.1) is 0 Å². The van der Waals surface area contributed by atoms with Gasteiger partial charge in [0, 0.05) is 0 Å². The van der Waals surface area contributed by atoms with Crippen LogP contribution in [0.25, 0.3) is 0 Å². The first kappa shape index (κ1) is 23.1. The minimum Gasteiger partial charge on any atom is -0.0845 e. The van der Waals surface area contributed by atoms with Gasteiger partial charge in [-0.3, -0.25) is 0 Å². The summed E-state index contributed by atoms with van der Waals surface area (Å²) < 4.78 is 0. The molecule has 1 radical (unpaired) electrons. The van der Waals surface area contributed by atoms with Crippen molar-refractivity contribution in [2.75, 3.05) is 0 Å². The highest BCUT2D eigenvalue weighted by molar-refractivity contribution is 5.22. The van der Waals surface area contributed by atoms with Crippen LogP contribution >= 0.6 is 0 Å².